The van der Waals surface area contributed by atoms with Crippen molar-refractivity contribution in [3.8, 4) is 22.6 Å². The van der Waals surface area contributed by atoms with Crippen molar-refractivity contribution in [3.05, 3.63) is 119 Å². The van der Waals surface area contributed by atoms with Crippen molar-refractivity contribution in [1.29, 1.82) is 0 Å². The van der Waals surface area contributed by atoms with E-state index in [1.807, 2.05) is 12.1 Å². The second-order valence-electron chi connectivity index (χ2n) is 9.74. The summed E-state index contributed by atoms with van der Waals surface area (Å²) in [5, 5.41) is 12.2. The number of halogens is 1. The molecule has 4 aromatic rings. The third-order valence-electron chi connectivity index (χ3n) is 6.98. The fraction of sp³-hybridized carbons (Fsp3) is 0.206. The van der Waals surface area contributed by atoms with Gasteiger partial charge in [0, 0.05) is 30.8 Å². The van der Waals surface area contributed by atoms with E-state index >= 15 is 0 Å². The van der Waals surface area contributed by atoms with Gasteiger partial charge in [0.25, 0.3) is 11.8 Å². The molecule has 0 aliphatic heterocycles. The summed E-state index contributed by atoms with van der Waals surface area (Å²) in [6, 6.07) is 25.3. The second kappa shape index (κ2) is 14.6. The lowest BCUT2D eigenvalue weighted by atomic mass is 9.94. The van der Waals surface area contributed by atoms with E-state index in [4.69, 9.17) is 9.47 Å². The third-order valence-corrected chi connectivity index (χ3v) is 6.98. The molecular formula is C34H33FN2O6. The average molecular weight is 585 g/mol. The molecule has 4 aromatic carbocycles. The monoisotopic (exact) mass is 584 g/mol. The topological polar surface area (TPSA) is 105 Å². The number of para-hydroxylation sites is 1. The second-order valence-corrected chi connectivity index (χ2v) is 9.74. The number of hydrogen-bond donors (Lipinski definition) is 2. The smallest absolute Gasteiger partial charge is 0.305 e. The molecular weight excluding hydrogens is 551 g/mol. The van der Waals surface area contributed by atoms with Gasteiger partial charge in [-0.3, -0.25) is 14.4 Å². The number of carbonyl (C=O) groups is 3. The maximum Gasteiger partial charge on any atom is 0.305 e. The average Bonchev–Trinajstić information content (AvgIpc) is 3.03. The van der Waals surface area contributed by atoms with E-state index < -0.39 is 11.8 Å². The van der Waals surface area contributed by atoms with E-state index in [0.717, 1.165) is 5.56 Å². The van der Waals surface area contributed by atoms with Crippen molar-refractivity contribution in [2.24, 2.45) is 0 Å². The highest BCUT2D eigenvalue weighted by Gasteiger charge is 2.23. The van der Waals surface area contributed by atoms with Gasteiger partial charge in [-0.25, -0.2) is 4.39 Å². The Labute approximate surface area is 249 Å². The number of aliphatic carboxylic acids is 1. The number of methoxy groups -OCH3 is 2. The standard InChI is InChI=1S/C34H33FN2O6/c1-42-30-16-8-10-24(32(30)43-2)17-19-37(20-18-31(38)39)34(41)29-15-6-4-13-27(29)26-12-3-5-14-28(26)33(40)36-22-23-9-7-11-25(35)21-23/h3-16,21H,17-20,22H2,1-2H3,(H,36,40)(H,38,39). The lowest BCUT2D eigenvalue weighted by Gasteiger charge is -2.24. The van der Waals surface area contributed by atoms with Gasteiger partial charge >= 0.3 is 5.97 Å². The van der Waals surface area contributed by atoms with Gasteiger partial charge in [0.2, 0.25) is 0 Å². The molecule has 222 valence electrons. The van der Waals surface area contributed by atoms with Crippen LogP contribution in [0.4, 0.5) is 4.39 Å². The van der Waals surface area contributed by atoms with E-state index in [1.165, 1.54) is 24.1 Å². The van der Waals surface area contributed by atoms with Crippen LogP contribution in [0.5, 0.6) is 11.5 Å². The molecule has 43 heavy (non-hydrogen) atoms. The summed E-state index contributed by atoms with van der Waals surface area (Å²) in [6.45, 7) is 0.340. The number of benzene rings is 4. The SMILES string of the molecule is COc1cccc(CCN(CCC(=O)O)C(=O)c2ccccc2-c2ccccc2C(=O)NCc2cccc(F)c2)c1OC. The van der Waals surface area contributed by atoms with Crippen LogP contribution in [0, 0.1) is 5.82 Å². The van der Waals surface area contributed by atoms with E-state index in [9.17, 15) is 23.9 Å². The number of hydrogen-bond acceptors (Lipinski definition) is 5. The molecule has 0 bridgehead atoms. The highest BCUT2D eigenvalue weighted by Crippen LogP contribution is 2.32. The van der Waals surface area contributed by atoms with Crippen molar-refractivity contribution >= 4 is 17.8 Å². The molecule has 0 radical (unpaired) electrons. The zero-order chi connectivity index (χ0) is 30.8. The zero-order valence-corrected chi connectivity index (χ0v) is 24.0. The highest BCUT2D eigenvalue weighted by atomic mass is 19.1. The molecule has 0 saturated carbocycles. The molecule has 0 aliphatic rings. The summed E-state index contributed by atoms with van der Waals surface area (Å²) in [4.78, 5) is 40.3. The van der Waals surface area contributed by atoms with Crippen LogP contribution in [0.1, 0.15) is 38.3 Å². The predicted octanol–water partition coefficient (Wildman–Crippen LogP) is 5.60. The number of ether oxygens (including phenoxy) is 2. The normalized spacial score (nSPS) is 10.6. The summed E-state index contributed by atoms with van der Waals surface area (Å²) in [5.74, 6) is -1.05. The minimum absolute atomic E-state index is 0.00937. The van der Waals surface area contributed by atoms with Crippen LogP contribution in [0.25, 0.3) is 11.1 Å². The molecule has 0 saturated heterocycles. The van der Waals surface area contributed by atoms with Crippen LogP contribution < -0.4 is 14.8 Å². The summed E-state index contributed by atoms with van der Waals surface area (Å²) >= 11 is 0. The summed E-state index contributed by atoms with van der Waals surface area (Å²) in [5.41, 5.74) is 3.17. The number of nitrogens with one attached hydrogen (secondary N) is 1. The predicted molar refractivity (Wildman–Crippen MR) is 161 cm³/mol. The molecule has 0 heterocycles. The van der Waals surface area contributed by atoms with Crippen LogP contribution in [0.2, 0.25) is 0 Å². The van der Waals surface area contributed by atoms with Gasteiger partial charge in [-0.2, -0.15) is 0 Å². The molecule has 2 N–H and O–H groups in total. The van der Waals surface area contributed by atoms with E-state index in [0.29, 0.717) is 45.7 Å². The quantitative estimate of drug-likeness (QED) is 0.212. The number of amides is 2. The van der Waals surface area contributed by atoms with E-state index in [2.05, 4.69) is 5.32 Å². The molecule has 0 spiro atoms. The molecule has 9 heteroatoms. The maximum absolute atomic E-state index is 14.0. The fourth-order valence-corrected chi connectivity index (χ4v) is 4.87. The van der Waals surface area contributed by atoms with Crippen LogP contribution in [0.3, 0.4) is 0 Å². The Morgan fingerprint density at radius 3 is 2.16 bits per heavy atom. The molecule has 2 amide bonds. The lowest BCUT2D eigenvalue weighted by Crippen LogP contribution is -2.35. The number of carboxylic acid groups (broad SMARTS) is 1. The van der Waals surface area contributed by atoms with Gasteiger partial charge in [0.05, 0.1) is 20.6 Å². The van der Waals surface area contributed by atoms with Crippen molar-refractivity contribution in [3.63, 3.8) is 0 Å². The summed E-state index contributed by atoms with van der Waals surface area (Å²) in [7, 11) is 3.08. The Balaban J connectivity index is 1.62. The third kappa shape index (κ3) is 7.77. The minimum Gasteiger partial charge on any atom is -0.493 e. The highest BCUT2D eigenvalue weighted by molar-refractivity contribution is 6.06. The zero-order valence-electron chi connectivity index (χ0n) is 24.0. The molecule has 0 fully saturated rings. The lowest BCUT2D eigenvalue weighted by molar-refractivity contribution is -0.137. The number of nitrogens with zero attached hydrogens (tertiary/aromatic N) is 1. The van der Waals surface area contributed by atoms with Crippen LogP contribution in [-0.2, 0) is 17.8 Å². The van der Waals surface area contributed by atoms with E-state index in [-0.39, 0.29) is 37.9 Å². The first kappa shape index (κ1) is 30.8. The molecule has 0 atom stereocenters. The first-order valence-electron chi connectivity index (χ1n) is 13.7. The molecule has 8 nitrogen and oxygen atoms in total. The van der Waals surface area contributed by atoms with Crippen LogP contribution in [0.15, 0.2) is 91.0 Å². The summed E-state index contributed by atoms with van der Waals surface area (Å²) < 4.78 is 24.5. The maximum atomic E-state index is 14.0. The minimum atomic E-state index is -1.02. The van der Waals surface area contributed by atoms with Gasteiger partial charge in [-0.05, 0) is 59.0 Å². The van der Waals surface area contributed by atoms with Gasteiger partial charge in [0.1, 0.15) is 5.82 Å². The fourth-order valence-electron chi connectivity index (χ4n) is 4.87. The van der Waals surface area contributed by atoms with Gasteiger partial charge in [-0.15, -0.1) is 0 Å². The Morgan fingerprint density at radius 1 is 0.814 bits per heavy atom. The van der Waals surface area contributed by atoms with Gasteiger partial charge in [0.15, 0.2) is 11.5 Å². The first-order chi connectivity index (χ1) is 20.8. The van der Waals surface area contributed by atoms with E-state index in [1.54, 1.807) is 73.8 Å². The Hall–Kier alpha value is -5.18. The number of rotatable bonds is 13. The molecule has 0 aromatic heterocycles. The Bertz CT molecular complexity index is 1610. The van der Waals surface area contributed by atoms with Crippen LogP contribution in [-0.4, -0.2) is 55.1 Å². The molecule has 0 unspecified atom stereocenters. The van der Waals surface area contributed by atoms with Crippen molar-refractivity contribution < 1.29 is 33.4 Å². The molecule has 0 aliphatic carbocycles. The van der Waals surface area contributed by atoms with Crippen molar-refractivity contribution in [2.45, 2.75) is 19.4 Å². The Morgan fingerprint density at radius 2 is 1.49 bits per heavy atom. The first-order valence-corrected chi connectivity index (χ1v) is 13.7. The molecule has 4 rings (SSSR count). The van der Waals surface area contributed by atoms with Crippen molar-refractivity contribution in [1.82, 2.24) is 10.2 Å². The largest absolute Gasteiger partial charge is 0.493 e. The van der Waals surface area contributed by atoms with Gasteiger partial charge < -0.3 is 24.8 Å². The van der Waals surface area contributed by atoms with Gasteiger partial charge in [-0.1, -0.05) is 60.7 Å². The van der Waals surface area contributed by atoms with Crippen molar-refractivity contribution in [2.75, 3.05) is 27.3 Å². The van der Waals surface area contributed by atoms with Crippen LogP contribution >= 0.6 is 0 Å². The Kier molecular flexibility index (Phi) is 10.5. The summed E-state index contributed by atoms with van der Waals surface area (Å²) in [6.07, 6.45) is 0.162. The number of carbonyl (C=O) groups excluding carboxylic acids is 2. The number of carboxylic acids is 1.